The Morgan fingerprint density at radius 3 is 2.42 bits per heavy atom. The molecule has 5 aromatic rings. The van der Waals surface area contributed by atoms with Crippen molar-refractivity contribution in [2.45, 2.75) is 13.5 Å². The Hall–Kier alpha value is -4.50. The molecule has 3 aromatic carbocycles. The summed E-state index contributed by atoms with van der Waals surface area (Å²) in [5.74, 6) is 0.115. The van der Waals surface area contributed by atoms with Gasteiger partial charge in [0.05, 0.1) is 5.52 Å². The highest BCUT2D eigenvalue weighted by Gasteiger charge is 2.14. The Kier molecular flexibility index (Phi) is 6.22. The van der Waals surface area contributed by atoms with Crippen LogP contribution in [0.4, 0.5) is 5.69 Å². The number of carbonyl (C=O) groups excluding carboxylic acids is 1. The fourth-order valence-electron chi connectivity index (χ4n) is 3.85. The van der Waals surface area contributed by atoms with Crippen molar-refractivity contribution in [3.63, 3.8) is 0 Å². The number of rotatable bonds is 7. The number of hydrogen-bond donors (Lipinski definition) is 1. The molecule has 9 nitrogen and oxygen atoms in total. The average molecular weight is 484 g/mol. The molecule has 0 bridgehead atoms. The van der Waals surface area contributed by atoms with E-state index in [9.17, 15) is 9.59 Å². The molecule has 9 heteroatoms. The van der Waals surface area contributed by atoms with Gasteiger partial charge in [0.2, 0.25) is 11.8 Å². The van der Waals surface area contributed by atoms with Gasteiger partial charge in [0.1, 0.15) is 0 Å². The minimum absolute atomic E-state index is 0.280. The van der Waals surface area contributed by atoms with Crippen LogP contribution in [0.3, 0.4) is 0 Å². The van der Waals surface area contributed by atoms with Gasteiger partial charge in [-0.05, 0) is 75.6 Å². The molecule has 182 valence electrons. The van der Waals surface area contributed by atoms with Gasteiger partial charge >= 0.3 is 5.76 Å². The second kappa shape index (κ2) is 9.63. The normalized spacial score (nSPS) is 11.3. The van der Waals surface area contributed by atoms with E-state index in [2.05, 4.69) is 15.5 Å². The van der Waals surface area contributed by atoms with Crippen molar-refractivity contribution >= 4 is 22.7 Å². The lowest BCUT2D eigenvalue weighted by molar-refractivity contribution is 0.102. The number of benzene rings is 3. The van der Waals surface area contributed by atoms with Crippen molar-refractivity contribution in [3.8, 4) is 22.9 Å². The quantitative estimate of drug-likeness (QED) is 0.365. The number of fused-ring (bicyclic) bond motifs is 1. The molecule has 1 amide bonds. The Bertz CT molecular complexity index is 1590. The van der Waals surface area contributed by atoms with Crippen molar-refractivity contribution in [2.75, 3.05) is 26.0 Å². The first-order chi connectivity index (χ1) is 17.4. The Morgan fingerprint density at radius 2 is 1.69 bits per heavy atom. The van der Waals surface area contributed by atoms with E-state index < -0.39 is 5.76 Å². The largest absolute Gasteiger partial charge is 0.419 e. The number of likely N-dealkylation sites (N-methyl/N-ethyl adjacent to an activating group) is 1. The van der Waals surface area contributed by atoms with Crippen LogP contribution in [0.1, 0.15) is 15.9 Å². The van der Waals surface area contributed by atoms with Gasteiger partial charge in [-0.2, -0.15) is 0 Å². The van der Waals surface area contributed by atoms with E-state index in [1.807, 2.05) is 50.2 Å². The standard InChI is InChI=1S/C27H25N5O4/c1-17-5-4-6-20(15-17)26-30-29-25(36-26)19-9-7-18(8-10-19)24(33)28-21-11-12-23-22(16-21)32(27(34)35-23)14-13-31(2)3/h4-12,15-16H,13-14H2,1-3H3,(H,28,33). The summed E-state index contributed by atoms with van der Waals surface area (Å²) in [6.07, 6.45) is 0. The molecule has 2 aromatic heterocycles. The monoisotopic (exact) mass is 483 g/mol. The average Bonchev–Trinajstić information content (AvgIpc) is 3.47. The third-order valence-corrected chi connectivity index (χ3v) is 5.78. The van der Waals surface area contributed by atoms with Crippen molar-refractivity contribution in [1.29, 1.82) is 0 Å². The molecule has 2 heterocycles. The van der Waals surface area contributed by atoms with Crippen LogP contribution in [0.2, 0.25) is 0 Å². The highest BCUT2D eigenvalue weighted by Crippen LogP contribution is 2.25. The maximum atomic E-state index is 12.9. The fraction of sp³-hybridized carbons (Fsp3) is 0.185. The predicted octanol–water partition coefficient (Wildman–Crippen LogP) is 4.43. The minimum atomic E-state index is -0.419. The van der Waals surface area contributed by atoms with E-state index in [4.69, 9.17) is 8.83 Å². The van der Waals surface area contributed by atoms with Crippen LogP contribution in [0.25, 0.3) is 34.0 Å². The number of carbonyl (C=O) groups is 1. The smallest absolute Gasteiger partial charge is 0.416 e. The third-order valence-electron chi connectivity index (χ3n) is 5.78. The summed E-state index contributed by atoms with van der Waals surface area (Å²) < 4.78 is 12.7. The number of nitrogens with one attached hydrogen (secondary N) is 1. The molecule has 0 fully saturated rings. The van der Waals surface area contributed by atoms with Crippen LogP contribution >= 0.6 is 0 Å². The molecule has 0 spiro atoms. The topological polar surface area (TPSA) is 106 Å². The summed E-state index contributed by atoms with van der Waals surface area (Å²) in [5, 5.41) is 11.2. The number of anilines is 1. The molecule has 0 aliphatic heterocycles. The van der Waals surface area contributed by atoms with Crippen LogP contribution in [0.15, 0.2) is 80.4 Å². The van der Waals surface area contributed by atoms with Gasteiger partial charge in [-0.3, -0.25) is 9.36 Å². The van der Waals surface area contributed by atoms with Crippen LogP contribution < -0.4 is 11.1 Å². The van der Waals surface area contributed by atoms with Gasteiger partial charge in [-0.1, -0.05) is 17.7 Å². The van der Waals surface area contributed by atoms with Gasteiger partial charge in [0, 0.05) is 35.5 Å². The molecular weight excluding hydrogens is 458 g/mol. The number of nitrogens with zero attached hydrogens (tertiary/aromatic N) is 4. The summed E-state index contributed by atoms with van der Waals surface area (Å²) in [5.41, 5.74) is 4.81. The maximum Gasteiger partial charge on any atom is 0.419 e. The van der Waals surface area contributed by atoms with E-state index >= 15 is 0 Å². The maximum absolute atomic E-state index is 12.9. The van der Waals surface area contributed by atoms with Crippen LogP contribution in [0.5, 0.6) is 0 Å². The molecule has 36 heavy (non-hydrogen) atoms. The molecule has 0 atom stereocenters. The van der Waals surface area contributed by atoms with Gasteiger partial charge in [0.15, 0.2) is 5.58 Å². The summed E-state index contributed by atoms with van der Waals surface area (Å²) in [6.45, 7) is 3.17. The predicted molar refractivity (Wildman–Crippen MR) is 137 cm³/mol. The van der Waals surface area contributed by atoms with Gasteiger partial charge in [0.25, 0.3) is 5.91 Å². The number of aromatic nitrogens is 3. The molecule has 0 aliphatic rings. The first kappa shape index (κ1) is 23.3. The molecular formula is C27H25N5O4. The van der Waals surface area contributed by atoms with Crippen LogP contribution in [-0.4, -0.2) is 46.2 Å². The molecule has 0 aliphatic carbocycles. The zero-order chi connectivity index (χ0) is 25.2. The first-order valence-electron chi connectivity index (χ1n) is 11.5. The zero-order valence-electron chi connectivity index (χ0n) is 20.2. The highest BCUT2D eigenvalue weighted by atomic mass is 16.4. The molecule has 5 rings (SSSR count). The molecule has 0 radical (unpaired) electrons. The number of aryl methyl sites for hydroxylation is 1. The third kappa shape index (κ3) is 4.82. The van der Waals surface area contributed by atoms with Gasteiger partial charge in [-0.25, -0.2) is 4.79 Å². The lowest BCUT2D eigenvalue weighted by Gasteiger charge is -2.10. The lowest BCUT2D eigenvalue weighted by atomic mass is 10.1. The number of oxazole rings is 1. The Balaban J connectivity index is 1.32. The zero-order valence-corrected chi connectivity index (χ0v) is 20.2. The number of hydrogen-bond acceptors (Lipinski definition) is 7. The van der Waals surface area contributed by atoms with Crippen LogP contribution in [0, 0.1) is 6.92 Å². The molecule has 1 N–H and O–H groups in total. The van der Waals surface area contributed by atoms with Crippen molar-refractivity contribution in [3.05, 3.63) is 88.4 Å². The van der Waals surface area contributed by atoms with Crippen molar-refractivity contribution < 1.29 is 13.6 Å². The Labute approximate surface area is 207 Å². The van der Waals surface area contributed by atoms with E-state index in [1.54, 1.807) is 47.0 Å². The van der Waals surface area contributed by atoms with Crippen LogP contribution in [-0.2, 0) is 6.54 Å². The fourth-order valence-corrected chi connectivity index (χ4v) is 3.85. The van der Waals surface area contributed by atoms with Gasteiger partial charge < -0.3 is 19.1 Å². The lowest BCUT2D eigenvalue weighted by Crippen LogP contribution is -2.23. The summed E-state index contributed by atoms with van der Waals surface area (Å²) in [7, 11) is 3.87. The van der Waals surface area contributed by atoms with E-state index in [0.717, 1.165) is 11.1 Å². The van der Waals surface area contributed by atoms with Gasteiger partial charge in [-0.15, -0.1) is 10.2 Å². The molecule has 0 saturated carbocycles. The van der Waals surface area contributed by atoms with E-state index in [0.29, 0.717) is 52.8 Å². The summed E-state index contributed by atoms with van der Waals surface area (Å²) in [6, 6.07) is 19.9. The summed E-state index contributed by atoms with van der Waals surface area (Å²) >= 11 is 0. The second-order valence-corrected chi connectivity index (χ2v) is 8.82. The van der Waals surface area contributed by atoms with E-state index in [-0.39, 0.29) is 5.91 Å². The summed E-state index contributed by atoms with van der Waals surface area (Å²) in [4.78, 5) is 27.1. The number of amides is 1. The second-order valence-electron chi connectivity index (χ2n) is 8.82. The molecule has 0 saturated heterocycles. The molecule has 0 unspecified atom stereocenters. The van der Waals surface area contributed by atoms with E-state index in [1.165, 1.54) is 0 Å². The first-order valence-corrected chi connectivity index (χ1v) is 11.5. The van der Waals surface area contributed by atoms with Crippen molar-refractivity contribution in [2.24, 2.45) is 0 Å². The van der Waals surface area contributed by atoms with Crippen molar-refractivity contribution in [1.82, 2.24) is 19.7 Å². The Morgan fingerprint density at radius 1 is 0.944 bits per heavy atom. The minimum Gasteiger partial charge on any atom is -0.416 e. The SMILES string of the molecule is Cc1cccc(-c2nnc(-c3ccc(C(=O)Nc4ccc5oc(=O)n(CCN(C)C)c5c4)cc3)o2)c1. The highest BCUT2D eigenvalue weighted by molar-refractivity contribution is 6.05.